The molecule has 144 valence electrons. The van der Waals surface area contributed by atoms with Crippen molar-refractivity contribution in [1.29, 1.82) is 0 Å². The van der Waals surface area contributed by atoms with Crippen molar-refractivity contribution in [1.82, 2.24) is 4.98 Å². The van der Waals surface area contributed by atoms with Crippen molar-refractivity contribution < 1.29 is 28.3 Å². The number of halogens is 2. The Balaban J connectivity index is 2.03. The fourth-order valence-electron chi connectivity index (χ4n) is 2.62. The monoisotopic (exact) mass is 388 g/mol. The molecular formula is C19H14F2N2O5. The molecule has 1 heterocycles. The van der Waals surface area contributed by atoms with E-state index in [1.54, 1.807) is 24.3 Å². The van der Waals surface area contributed by atoms with Crippen LogP contribution in [-0.4, -0.2) is 28.7 Å². The number of alkyl halides is 2. The molecule has 0 atom stereocenters. The highest BCUT2D eigenvalue weighted by Crippen LogP contribution is 2.36. The highest BCUT2D eigenvalue weighted by Gasteiger charge is 2.20. The summed E-state index contributed by atoms with van der Waals surface area (Å²) in [5.74, 6) is -0.501. The molecule has 0 aliphatic heterocycles. The zero-order valence-corrected chi connectivity index (χ0v) is 14.5. The number of pyridine rings is 1. The third-order valence-electron chi connectivity index (χ3n) is 3.88. The molecule has 3 aromatic rings. The lowest BCUT2D eigenvalue weighted by molar-refractivity contribution is -0.385. The van der Waals surface area contributed by atoms with Crippen molar-refractivity contribution in [2.24, 2.45) is 0 Å². The molecule has 0 bridgehead atoms. The summed E-state index contributed by atoms with van der Waals surface area (Å²) in [5.41, 5.74) is 0.506. The van der Waals surface area contributed by atoms with E-state index in [0.29, 0.717) is 11.2 Å². The molecular weight excluding hydrogens is 374 g/mol. The maximum absolute atomic E-state index is 12.5. The van der Waals surface area contributed by atoms with Crippen molar-refractivity contribution in [2.45, 2.75) is 6.61 Å². The first-order chi connectivity index (χ1) is 13.4. The summed E-state index contributed by atoms with van der Waals surface area (Å²) < 4.78 is 34.3. The largest absolute Gasteiger partial charge is 0.506 e. The number of phenolic OH excluding ortho intramolecular Hbond substituents is 1. The Morgan fingerprint density at radius 1 is 1.18 bits per heavy atom. The van der Waals surface area contributed by atoms with E-state index in [1.807, 2.05) is 0 Å². The number of ether oxygens (including phenoxy) is 2. The lowest BCUT2D eigenvalue weighted by Gasteiger charge is -2.10. The van der Waals surface area contributed by atoms with Gasteiger partial charge >= 0.3 is 6.61 Å². The molecule has 9 heteroatoms. The maximum Gasteiger partial charge on any atom is 0.387 e. The number of hydrogen-bond acceptors (Lipinski definition) is 6. The van der Waals surface area contributed by atoms with Crippen LogP contribution >= 0.6 is 0 Å². The Labute approximate surface area is 157 Å². The molecule has 0 radical (unpaired) electrons. The molecule has 0 aliphatic rings. The average molecular weight is 388 g/mol. The average Bonchev–Trinajstić information content (AvgIpc) is 2.66. The number of nitro benzene ring substituents is 1. The number of fused-ring (bicyclic) bond motifs is 1. The molecule has 0 saturated carbocycles. The van der Waals surface area contributed by atoms with Crippen LogP contribution in [0.25, 0.3) is 23.1 Å². The summed E-state index contributed by atoms with van der Waals surface area (Å²) in [5, 5.41) is 22.0. The summed E-state index contributed by atoms with van der Waals surface area (Å²) in [6.07, 6.45) is 2.91. The van der Waals surface area contributed by atoms with Gasteiger partial charge in [-0.3, -0.25) is 10.1 Å². The van der Waals surface area contributed by atoms with Crippen molar-refractivity contribution in [3.8, 4) is 17.2 Å². The fraction of sp³-hybridized carbons (Fsp3) is 0.105. The van der Waals surface area contributed by atoms with E-state index >= 15 is 0 Å². The molecule has 3 rings (SSSR count). The quantitative estimate of drug-likeness (QED) is 0.489. The molecule has 2 aromatic carbocycles. The van der Waals surface area contributed by atoms with Crippen LogP contribution in [0.5, 0.6) is 17.2 Å². The second kappa shape index (κ2) is 7.87. The molecule has 0 spiro atoms. The zero-order chi connectivity index (χ0) is 20.3. The van der Waals surface area contributed by atoms with Crippen LogP contribution in [-0.2, 0) is 0 Å². The van der Waals surface area contributed by atoms with E-state index in [2.05, 4.69) is 9.72 Å². The normalized spacial score (nSPS) is 11.3. The van der Waals surface area contributed by atoms with Crippen LogP contribution in [0, 0.1) is 10.1 Å². The van der Waals surface area contributed by atoms with Gasteiger partial charge in [0.15, 0.2) is 11.5 Å². The van der Waals surface area contributed by atoms with Gasteiger partial charge in [0.2, 0.25) is 0 Å². The van der Waals surface area contributed by atoms with Crippen molar-refractivity contribution >= 4 is 28.7 Å². The Hall–Kier alpha value is -3.75. The van der Waals surface area contributed by atoms with Crippen LogP contribution in [0.2, 0.25) is 0 Å². The van der Waals surface area contributed by atoms with Gasteiger partial charge in [-0.05, 0) is 30.4 Å². The number of aromatic hydroxyl groups is 1. The summed E-state index contributed by atoms with van der Waals surface area (Å²) in [4.78, 5) is 14.9. The number of aromatic nitrogens is 1. The predicted molar refractivity (Wildman–Crippen MR) is 98.6 cm³/mol. The minimum absolute atomic E-state index is 0.00824. The van der Waals surface area contributed by atoms with Gasteiger partial charge in [0.1, 0.15) is 11.3 Å². The lowest BCUT2D eigenvalue weighted by atomic mass is 10.1. The van der Waals surface area contributed by atoms with Gasteiger partial charge in [0.05, 0.1) is 29.4 Å². The maximum atomic E-state index is 12.5. The number of rotatable bonds is 6. The van der Waals surface area contributed by atoms with Crippen LogP contribution in [0.1, 0.15) is 11.3 Å². The molecule has 0 fully saturated rings. The highest BCUT2D eigenvalue weighted by atomic mass is 19.3. The SMILES string of the molecule is COc1cc(/C=C/c2ccc3cccc(O)c3n2)c([N+](=O)[O-])cc1OC(F)F. The van der Waals surface area contributed by atoms with Gasteiger partial charge in [-0.25, -0.2) is 4.98 Å². The van der Waals surface area contributed by atoms with E-state index in [9.17, 15) is 24.0 Å². The van der Waals surface area contributed by atoms with Gasteiger partial charge in [-0.15, -0.1) is 0 Å². The summed E-state index contributed by atoms with van der Waals surface area (Å²) in [7, 11) is 1.24. The van der Waals surface area contributed by atoms with Crippen molar-refractivity contribution in [2.75, 3.05) is 7.11 Å². The van der Waals surface area contributed by atoms with E-state index in [-0.39, 0.29) is 17.1 Å². The van der Waals surface area contributed by atoms with Crippen molar-refractivity contribution in [3.63, 3.8) is 0 Å². The first kappa shape index (κ1) is 19.0. The van der Waals surface area contributed by atoms with Gasteiger partial charge in [-0.2, -0.15) is 8.78 Å². The van der Waals surface area contributed by atoms with Crippen LogP contribution < -0.4 is 9.47 Å². The summed E-state index contributed by atoms with van der Waals surface area (Å²) in [6.45, 7) is -3.15. The third-order valence-corrected chi connectivity index (χ3v) is 3.88. The molecule has 0 saturated heterocycles. The summed E-state index contributed by atoms with van der Waals surface area (Å²) >= 11 is 0. The first-order valence-electron chi connectivity index (χ1n) is 7.97. The number of methoxy groups -OCH3 is 1. The van der Waals surface area contributed by atoms with Crippen LogP contribution in [0.4, 0.5) is 14.5 Å². The van der Waals surface area contributed by atoms with E-state index in [4.69, 9.17) is 4.74 Å². The number of benzene rings is 2. The topological polar surface area (TPSA) is 94.7 Å². The Morgan fingerprint density at radius 3 is 2.64 bits per heavy atom. The molecule has 1 aromatic heterocycles. The minimum Gasteiger partial charge on any atom is -0.506 e. The lowest BCUT2D eigenvalue weighted by Crippen LogP contribution is -2.05. The Morgan fingerprint density at radius 2 is 1.96 bits per heavy atom. The first-order valence-corrected chi connectivity index (χ1v) is 7.97. The fourth-order valence-corrected chi connectivity index (χ4v) is 2.62. The second-order valence-corrected chi connectivity index (χ2v) is 5.62. The molecule has 1 N–H and O–H groups in total. The molecule has 28 heavy (non-hydrogen) atoms. The zero-order valence-electron chi connectivity index (χ0n) is 14.5. The number of phenols is 1. The second-order valence-electron chi connectivity index (χ2n) is 5.62. The number of nitrogens with zero attached hydrogens (tertiary/aromatic N) is 2. The van der Waals surface area contributed by atoms with E-state index in [0.717, 1.165) is 11.5 Å². The number of para-hydroxylation sites is 1. The molecule has 0 aliphatic carbocycles. The van der Waals surface area contributed by atoms with Gasteiger partial charge < -0.3 is 14.6 Å². The Bertz CT molecular complexity index is 1070. The third kappa shape index (κ3) is 3.98. The van der Waals surface area contributed by atoms with E-state index < -0.39 is 23.0 Å². The molecule has 0 unspecified atom stereocenters. The van der Waals surface area contributed by atoms with E-state index in [1.165, 1.54) is 31.4 Å². The van der Waals surface area contributed by atoms with Crippen molar-refractivity contribution in [3.05, 3.63) is 63.8 Å². The smallest absolute Gasteiger partial charge is 0.387 e. The van der Waals surface area contributed by atoms with Gasteiger partial charge in [-0.1, -0.05) is 18.2 Å². The Kier molecular flexibility index (Phi) is 5.35. The highest BCUT2D eigenvalue weighted by molar-refractivity contribution is 5.86. The molecule has 7 nitrogen and oxygen atoms in total. The minimum atomic E-state index is -3.15. The number of nitro groups is 1. The van der Waals surface area contributed by atoms with Gasteiger partial charge in [0.25, 0.3) is 5.69 Å². The standard InChI is InChI=1S/C19H14F2N2O5/c1-27-16-9-12(14(23(25)26)10-17(16)28-19(20)21)6-8-13-7-5-11-3-2-4-15(24)18(11)22-13/h2-10,19,24H,1H3/b8-6+. The number of hydrogen-bond donors (Lipinski definition) is 1. The summed E-state index contributed by atoms with van der Waals surface area (Å²) in [6, 6.07) is 10.5. The van der Waals surface area contributed by atoms with Crippen LogP contribution in [0.3, 0.4) is 0 Å². The predicted octanol–water partition coefficient (Wildman–Crippen LogP) is 4.63. The molecule has 0 amide bonds. The van der Waals surface area contributed by atoms with Gasteiger partial charge in [0, 0.05) is 5.39 Å². The van der Waals surface area contributed by atoms with Crippen LogP contribution in [0.15, 0.2) is 42.5 Å².